The van der Waals surface area contributed by atoms with Crippen LogP contribution in [0, 0.1) is 0 Å². The lowest BCUT2D eigenvalue weighted by Gasteiger charge is -2.36. The second-order valence-electron chi connectivity index (χ2n) is 9.67. The van der Waals surface area contributed by atoms with Crippen LogP contribution in [0.1, 0.15) is 18.4 Å². The Labute approximate surface area is 232 Å². The molecule has 1 saturated heterocycles. The average molecular weight is 553 g/mol. The largest absolute Gasteiger partial charge is 0.494 e. The van der Waals surface area contributed by atoms with Crippen molar-refractivity contribution < 1.29 is 24.5 Å². The van der Waals surface area contributed by atoms with Crippen molar-refractivity contribution in [1.82, 2.24) is 10.2 Å². The molecule has 5 rings (SSSR count). The summed E-state index contributed by atoms with van der Waals surface area (Å²) < 4.78 is 12.6. The maximum atomic E-state index is 11.8. The minimum atomic E-state index is -0.919. The van der Waals surface area contributed by atoms with Crippen molar-refractivity contribution in [3.8, 4) is 5.75 Å². The van der Waals surface area contributed by atoms with Gasteiger partial charge in [-0.15, -0.1) is 11.3 Å². The topological polar surface area (TPSA) is 97.7 Å². The average Bonchev–Trinajstić information content (AvgIpc) is 3.45. The summed E-state index contributed by atoms with van der Waals surface area (Å²) in [6.45, 7) is 5.71. The zero-order chi connectivity index (χ0) is 27.0. The molecular formula is C29H36N4O5S. The van der Waals surface area contributed by atoms with E-state index in [1.807, 2.05) is 24.3 Å². The molecule has 0 saturated carbocycles. The van der Waals surface area contributed by atoms with Gasteiger partial charge in [-0.3, -0.25) is 4.90 Å². The van der Waals surface area contributed by atoms with Crippen LogP contribution in [-0.2, 0) is 4.74 Å². The minimum Gasteiger partial charge on any atom is -0.494 e. The summed E-state index contributed by atoms with van der Waals surface area (Å²) in [5.41, 5.74) is 2.99. The lowest BCUT2D eigenvalue weighted by Crippen LogP contribution is -2.46. The third-order valence-electron chi connectivity index (χ3n) is 7.12. The summed E-state index contributed by atoms with van der Waals surface area (Å²) in [6, 6.07) is 14.5. The smallest absolute Gasteiger partial charge is 0.408 e. The van der Waals surface area contributed by atoms with E-state index in [4.69, 9.17) is 14.6 Å². The summed E-state index contributed by atoms with van der Waals surface area (Å²) in [4.78, 5) is 18.4. The number of carbonyl (C=O) groups excluding carboxylic acids is 1. The van der Waals surface area contributed by atoms with Gasteiger partial charge in [0.25, 0.3) is 0 Å². The molecule has 0 spiro atoms. The molecule has 10 heteroatoms. The predicted molar refractivity (Wildman–Crippen MR) is 156 cm³/mol. The van der Waals surface area contributed by atoms with Crippen molar-refractivity contribution in [2.24, 2.45) is 0 Å². The Morgan fingerprint density at radius 1 is 1.08 bits per heavy atom. The van der Waals surface area contributed by atoms with Gasteiger partial charge in [-0.25, -0.2) is 4.79 Å². The van der Waals surface area contributed by atoms with E-state index in [1.54, 1.807) is 22.3 Å². The fourth-order valence-corrected chi connectivity index (χ4v) is 5.82. The number of benzene rings is 2. The minimum absolute atomic E-state index is 0.110. The fraction of sp³-hybridized carbons (Fsp3) is 0.414. The number of ether oxygens (including phenoxy) is 2. The molecule has 0 radical (unpaired) electrons. The standard InChI is InChI=1S/C29H36N4O5S/c34-17-11-30-29(36)38-21-33-26-20-23(8-6-22(26)7-9-28(33)35)37-18-2-1-12-31-13-15-32(16-14-31)25-4-3-5-27-24(25)10-19-39-27/h3-10,19-20,28,34-35H,1-2,11-18,21H2,(H,30,36). The van der Waals surface area contributed by atoms with Gasteiger partial charge < -0.3 is 34.8 Å². The summed E-state index contributed by atoms with van der Waals surface area (Å²) in [5.74, 6) is 0.710. The molecule has 208 valence electrons. The second kappa shape index (κ2) is 13.2. The number of unbranched alkanes of at least 4 members (excludes halogenated alkanes) is 1. The summed E-state index contributed by atoms with van der Waals surface area (Å²) in [7, 11) is 0. The van der Waals surface area contributed by atoms with Crippen LogP contribution in [0.25, 0.3) is 16.2 Å². The quantitative estimate of drug-likeness (QED) is 0.310. The number of hydrogen-bond donors (Lipinski definition) is 3. The first-order valence-electron chi connectivity index (χ1n) is 13.5. The highest BCUT2D eigenvalue weighted by Gasteiger charge is 2.23. The van der Waals surface area contributed by atoms with E-state index in [9.17, 15) is 9.90 Å². The molecule has 0 aliphatic carbocycles. The van der Waals surface area contributed by atoms with Crippen molar-refractivity contribution in [1.29, 1.82) is 0 Å². The number of alkyl carbamates (subject to hydrolysis) is 1. The molecule has 1 fully saturated rings. The number of aliphatic hydroxyl groups excluding tert-OH is 2. The number of piperazine rings is 1. The Bertz CT molecular complexity index is 1270. The molecule has 9 nitrogen and oxygen atoms in total. The van der Waals surface area contributed by atoms with Crippen LogP contribution >= 0.6 is 11.3 Å². The number of aliphatic hydroxyl groups is 2. The molecule has 1 amide bonds. The van der Waals surface area contributed by atoms with E-state index < -0.39 is 12.3 Å². The van der Waals surface area contributed by atoms with E-state index in [0.29, 0.717) is 12.4 Å². The van der Waals surface area contributed by atoms with Gasteiger partial charge in [0.05, 0.1) is 18.9 Å². The van der Waals surface area contributed by atoms with Crippen molar-refractivity contribution in [2.75, 3.05) is 69.0 Å². The number of thiophene rings is 1. The van der Waals surface area contributed by atoms with Crippen LogP contribution < -0.4 is 19.9 Å². The van der Waals surface area contributed by atoms with E-state index >= 15 is 0 Å². The third kappa shape index (κ3) is 6.83. The van der Waals surface area contributed by atoms with Crippen molar-refractivity contribution in [2.45, 2.75) is 19.1 Å². The normalized spacial score (nSPS) is 17.3. The highest BCUT2D eigenvalue weighted by Crippen LogP contribution is 2.33. The summed E-state index contributed by atoms with van der Waals surface area (Å²) >= 11 is 1.80. The van der Waals surface area contributed by atoms with E-state index in [2.05, 4.69) is 44.8 Å². The van der Waals surface area contributed by atoms with Gasteiger partial charge in [-0.05, 0) is 66.7 Å². The monoisotopic (exact) mass is 552 g/mol. The molecule has 2 aromatic carbocycles. The number of rotatable bonds is 11. The van der Waals surface area contributed by atoms with Gasteiger partial charge in [0.15, 0.2) is 6.73 Å². The zero-order valence-electron chi connectivity index (χ0n) is 22.0. The Morgan fingerprint density at radius 3 is 2.79 bits per heavy atom. The number of nitrogens with zero attached hydrogens (tertiary/aromatic N) is 3. The maximum Gasteiger partial charge on any atom is 0.408 e. The van der Waals surface area contributed by atoms with Crippen LogP contribution in [0.4, 0.5) is 16.2 Å². The number of carbonyl (C=O) groups is 1. The lowest BCUT2D eigenvalue weighted by molar-refractivity contribution is 0.121. The van der Waals surface area contributed by atoms with Crippen LogP contribution in [0.2, 0.25) is 0 Å². The number of fused-ring (bicyclic) bond motifs is 2. The predicted octanol–water partition coefficient (Wildman–Crippen LogP) is 3.71. The molecule has 1 aromatic heterocycles. The van der Waals surface area contributed by atoms with Crippen LogP contribution in [0.5, 0.6) is 5.75 Å². The Hall–Kier alpha value is -3.31. The number of hydrogen-bond acceptors (Lipinski definition) is 9. The fourth-order valence-electron chi connectivity index (χ4n) is 5.02. The molecule has 0 bridgehead atoms. The van der Waals surface area contributed by atoms with Gasteiger partial charge in [0, 0.05) is 54.6 Å². The molecule has 1 unspecified atom stereocenters. The first-order valence-corrected chi connectivity index (χ1v) is 14.3. The molecule has 1 atom stereocenters. The van der Waals surface area contributed by atoms with Crippen molar-refractivity contribution in [3.63, 3.8) is 0 Å². The Balaban J connectivity index is 1.05. The summed E-state index contributed by atoms with van der Waals surface area (Å²) in [6.07, 6.45) is 3.92. The van der Waals surface area contributed by atoms with Crippen molar-refractivity contribution in [3.05, 3.63) is 59.5 Å². The highest BCUT2D eigenvalue weighted by atomic mass is 32.1. The van der Waals surface area contributed by atoms with Crippen LogP contribution in [-0.4, -0.2) is 86.6 Å². The van der Waals surface area contributed by atoms with Gasteiger partial charge >= 0.3 is 6.09 Å². The molecule has 2 aliphatic rings. The Morgan fingerprint density at radius 2 is 1.95 bits per heavy atom. The molecule has 3 heterocycles. The lowest BCUT2D eigenvalue weighted by atomic mass is 10.1. The number of nitrogens with one attached hydrogen (secondary N) is 1. The van der Waals surface area contributed by atoms with Crippen LogP contribution in [0.15, 0.2) is 53.9 Å². The van der Waals surface area contributed by atoms with Gasteiger partial charge in [0.2, 0.25) is 0 Å². The first-order chi connectivity index (χ1) is 19.1. The maximum absolute atomic E-state index is 11.8. The number of amides is 1. The van der Waals surface area contributed by atoms with Crippen LogP contribution in [0.3, 0.4) is 0 Å². The van der Waals surface area contributed by atoms with Gasteiger partial charge in [-0.2, -0.15) is 0 Å². The number of anilines is 2. The zero-order valence-corrected chi connectivity index (χ0v) is 22.8. The van der Waals surface area contributed by atoms with E-state index in [1.165, 1.54) is 15.8 Å². The van der Waals surface area contributed by atoms with E-state index in [0.717, 1.165) is 56.8 Å². The van der Waals surface area contributed by atoms with Crippen molar-refractivity contribution >= 4 is 45.0 Å². The van der Waals surface area contributed by atoms with Gasteiger partial charge in [-0.1, -0.05) is 12.1 Å². The second-order valence-corrected chi connectivity index (χ2v) is 10.6. The summed E-state index contributed by atoms with van der Waals surface area (Å²) in [5, 5.41) is 25.2. The molecule has 3 aromatic rings. The molecule has 3 N–H and O–H groups in total. The first kappa shape index (κ1) is 27.3. The van der Waals surface area contributed by atoms with E-state index in [-0.39, 0.29) is 19.9 Å². The third-order valence-corrected chi connectivity index (χ3v) is 8.00. The highest BCUT2D eigenvalue weighted by molar-refractivity contribution is 7.17. The molecule has 39 heavy (non-hydrogen) atoms. The molecular weight excluding hydrogens is 516 g/mol. The SMILES string of the molecule is O=C(NCCO)OCN1c2cc(OCCCCN3CCN(c4cccc5sccc45)CC3)ccc2C=CC1O. The molecule has 2 aliphatic heterocycles. The Kier molecular flexibility index (Phi) is 9.20. The van der Waals surface area contributed by atoms with Gasteiger partial charge in [0.1, 0.15) is 12.0 Å².